The van der Waals surface area contributed by atoms with E-state index in [1.807, 2.05) is 12.1 Å². The van der Waals surface area contributed by atoms with Gasteiger partial charge in [0, 0.05) is 24.5 Å². The van der Waals surface area contributed by atoms with Gasteiger partial charge in [0.05, 0.1) is 16.4 Å². The Balaban J connectivity index is 2.38. The number of nitriles is 1. The van der Waals surface area contributed by atoms with E-state index < -0.39 is 10.3 Å². The lowest BCUT2D eigenvalue weighted by atomic mass is 9.78. The van der Waals surface area contributed by atoms with E-state index in [0.717, 1.165) is 5.56 Å². The molecule has 5 nitrogen and oxygen atoms in total. The molecular formula is C15H13N3O2. The quantitative estimate of drug-likeness (QED) is 0.630. The Kier molecular flexibility index (Phi) is 3.76. The molecule has 2 rings (SSSR count). The lowest BCUT2D eigenvalue weighted by molar-refractivity contribution is -0.384. The van der Waals surface area contributed by atoms with Crippen LogP contribution in [0.1, 0.15) is 18.1 Å². The first-order valence-corrected chi connectivity index (χ1v) is 6.10. The molecule has 1 heterocycles. The molecule has 0 aliphatic rings. The average molecular weight is 267 g/mol. The second kappa shape index (κ2) is 5.49. The van der Waals surface area contributed by atoms with Crippen molar-refractivity contribution in [2.24, 2.45) is 0 Å². The lowest BCUT2D eigenvalue weighted by Gasteiger charge is -2.22. The molecule has 1 aromatic carbocycles. The van der Waals surface area contributed by atoms with Crippen molar-refractivity contribution in [2.45, 2.75) is 18.8 Å². The Morgan fingerprint density at radius 2 is 2.05 bits per heavy atom. The van der Waals surface area contributed by atoms with E-state index in [4.69, 9.17) is 0 Å². The zero-order valence-corrected chi connectivity index (χ0v) is 11.0. The summed E-state index contributed by atoms with van der Waals surface area (Å²) >= 11 is 0. The number of hydrogen-bond donors (Lipinski definition) is 0. The van der Waals surface area contributed by atoms with Crippen LogP contribution in [0.25, 0.3) is 0 Å². The van der Waals surface area contributed by atoms with Gasteiger partial charge in [0.1, 0.15) is 0 Å². The van der Waals surface area contributed by atoms with Gasteiger partial charge in [-0.15, -0.1) is 0 Å². The fourth-order valence-corrected chi connectivity index (χ4v) is 2.08. The van der Waals surface area contributed by atoms with Crippen molar-refractivity contribution in [1.82, 2.24) is 4.98 Å². The van der Waals surface area contributed by atoms with Crippen molar-refractivity contribution >= 4 is 5.69 Å². The number of nitro groups is 1. The number of benzene rings is 1. The minimum Gasteiger partial charge on any atom is -0.265 e. The second-order valence-electron chi connectivity index (χ2n) is 4.78. The second-order valence-corrected chi connectivity index (χ2v) is 4.78. The van der Waals surface area contributed by atoms with Crippen molar-refractivity contribution in [2.75, 3.05) is 0 Å². The molecule has 20 heavy (non-hydrogen) atoms. The van der Waals surface area contributed by atoms with E-state index in [2.05, 4.69) is 11.1 Å². The highest BCUT2D eigenvalue weighted by atomic mass is 16.6. The van der Waals surface area contributed by atoms with E-state index in [9.17, 15) is 15.4 Å². The largest absolute Gasteiger partial charge is 0.269 e. The van der Waals surface area contributed by atoms with Crippen LogP contribution in [-0.4, -0.2) is 9.91 Å². The third kappa shape index (κ3) is 2.81. The third-order valence-electron chi connectivity index (χ3n) is 3.25. The number of aromatic nitrogens is 1. The van der Waals surface area contributed by atoms with Crippen LogP contribution in [0.15, 0.2) is 48.8 Å². The number of non-ortho nitro benzene ring substituents is 1. The van der Waals surface area contributed by atoms with Gasteiger partial charge >= 0.3 is 0 Å². The monoisotopic (exact) mass is 267 g/mol. The van der Waals surface area contributed by atoms with Gasteiger partial charge < -0.3 is 0 Å². The highest BCUT2D eigenvalue weighted by molar-refractivity contribution is 5.42. The van der Waals surface area contributed by atoms with Gasteiger partial charge in [0.15, 0.2) is 0 Å². The molecule has 0 aliphatic carbocycles. The van der Waals surface area contributed by atoms with Crippen LogP contribution in [0.4, 0.5) is 5.69 Å². The molecule has 1 aromatic heterocycles. The van der Waals surface area contributed by atoms with Gasteiger partial charge in [-0.05, 0) is 36.6 Å². The Morgan fingerprint density at radius 1 is 1.35 bits per heavy atom. The molecule has 0 saturated carbocycles. The Bertz CT molecular complexity index is 664. The van der Waals surface area contributed by atoms with E-state index in [-0.39, 0.29) is 5.69 Å². The van der Waals surface area contributed by atoms with Gasteiger partial charge in [0.25, 0.3) is 5.69 Å². The van der Waals surface area contributed by atoms with E-state index >= 15 is 0 Å². The highest BCUT2D eigenvalue weighted by Gasteiger charge is 2.28. The first kappa shape index (κ1) is 13.7. The van der Waals surface area contributed by atoms with Crippen molar-refractivity contribution in [1.29, 1.82) is 5.26 Å². The molecular weight excluding hydrogens is 254 g/mol. The molecule has 2 aromatic rings. The van der Waals surface area contributed by atoms with E-state index in [1.54, 1.807) is 31.5 Å². The van der Waals surface area contributed by atoms with Crippen LogP contribution in [0, 0.1) is 21.4 Å². The molecule has 0 radical (unpaired) electrons. The number of hydrogen-bond acceptors (Lipinski definition) is 4. The van der Waals surface area contributed by atoms with Crippen molar-refractivity contribution in [3.63, 3.8) is 0 Å². The van der Waals surface area contributed by atoms with Gasteiger partial charge in [-0.2, -0.15) is 5.26 Å². The Labute approximate surface area is 116 Å². The van der Waals surface area contributed by atoms with Crippen molar-refractivity contribution in [3.8, 4) is 6.07 Å². The topological polar surface area (TPSA) is 79.8 Å². The smallest absolute Gasteiger partial charge is 0.265 e. The van der Waals surface area contributed by atoms with Crippen LogP contribution in [0.5, 0.6) is 0 Å². The van der Waals surface area contributed by atoms with Crippen LogP contribution in [0.2, 0.25) is 0 Å². The van der Waals surface area contributed by atoms with Gasteiger partial charge in [-0.1, -0.05) is 12.1 Å². The summed E-state index contributed by atoms with van der Waals surface area (Å²) in [6.45, 7) is 1.78. The molecule has 1 unspecified atom stereocenters. The highest BCUT2D eigenvalue weighted by Crippen LogP contribution is 2.29. The Hall–Kier alpha value is -2.74. The third-order valence-corrected chi connectivity index (χ3v) is 3.25. The maximum atomic E-state index is 10.8. The molecule has 0 aliphatic heterocycles. The zero-order chi connectivity index (χ0) is 14.6. The standard InChI is InChI=1S/C15H13N3O2/c1-15(11-16,10-12-5-7-17-8-6-12)13-3-2-4-14(9-13)18(19)20/h2-9H,10H2,1H3. The summed E-state index contributed by atoms with van der Waals surface area (Å²) in [7, 11) is 0. The van der Waals surface area contributed by atoms with Gasteiger partial charge in [-0.25, -0.2) is 0 Å². The molecule has 0 fully saturated rings. The summed E-state index contributed by atoms with van der Waals surface area (Å²) in [5, 5.41) is 20.3. The molecule has 100 valence electrons. The maximum absolute atomic E-state index is 10.8. The minimum absolute atomic E-state index is 0.00120. The predicted molar refractivity (Wildman–Crippen MR) is 74.0 cm³/mol. The summed E-state index contributed by atoms with van der Waals surface area (Å²) in [6.07, 6.45) is 3.81. The fraction of sp³-hybridized carbons (Fsp3) is 0.200. The first-order valence-electron chi connectivity index (χ1n) is 6.10. The summed E-state index contributed by atoms with van der Waals surface area (Å²) < 4.78 is 0. The molecule has 5 heteroatoms. The minimum atomic E-state index is -0.812. The number of rotatable bonds is 4. The average Bonchev–Trinajstić information content (AvgIpc) is 2.48. The molecule has 0 bridgehead atoms. The molecule has 1 atom stereocenters. The molecule has 0 spiro atoms. The number of nitro benzene ring substituents is 1. The molecule has 0 N–H and O–H groups in total. The van der Waals surface area contributed by atoms with Crippen LogP contribution < -0.4 is 0 Å². The number of pyridine rings is 1. The van der Waals surface area contributed by atoms with Crippen molar-refractivity contribution in [3.05, 3.63) is 70.0 Å². The molecule has 0 saturated heterocycles. The number of nitrogens with zero attached hydrogens (tertiary/aromatic N) is 3. The van der Waals surface area contributed by atoms with Crippen molar-refractivity contribution < 1.29 is 4.92 Å². The first-order chi connectivity index (χ1) is 9.55. The van der Waals surface area contributed by atoms with E-state index in [0.29, 0.717) is 12.0 Å². The van der Waals surface area contributed by atoms with Gasteiger partial charge in [0.2, 0.25) is 0 Å². The van der Waals surface area contributed by atoms with Gasteiger partial charge in [-0.3, -0.25) is 15.1 Å². The normalized spacial score (nSPS) is 13.2. The maximum Gasteiger partial charge on any atom is 0.269 e. The predicted octanol–water partition coefficient (Wildman–Crippen LogP) is 3.01. The Morgan fingerprint density at radius 3 is 2.65 bits per heavy atom. The molecule has 0 amide bonds. The summed E-state index contributed by atoms with van der Waals surface area (Å²) in [5.41, 5.74) is 0.799. The fourth-order valence-electron chi connectivity index (χ4n) is 2.08. The van der Waals surface area contributed by atoms with Crippen LogP contribution in [-0.2, 0) is 11.8 Å². The summed E-state index contributed by atoms with van der Waals surface area (Å²) in [6, 6.07) is 12.2. The lowest BCUT2D eigenvalue weighted by Crippen LogP contribution is -2.23. The SMILES string of the molecule is CC(C#N)(Cc1ccncc1)c1cccc([N+](=O)[O-])c1. The van der Waals surface area contributed by atoms with Crippen LogP contribution >= 0.6 is 0 Å². The van der Waals surface area contributed by atoms with E-state index in [1.165, 1.54) is 12.1 Å². The summed E-state index contributed by atoms with van der Waals surface area (Å²) in [5.74, 6) is 0. The zero-order valence-electron chi connectivity index (χ0n) is 11.0. The summed E-state index contributed by atoms with van der Waals surface area (Å²) in [4.78, 5) is 14.3. The van der Waals surface area contributed by atoms with Crippen LogP contribution in [0.3, 0.4) is 0 Å².